The van der Waals surface area contributed by atoms with E-state index in [1.807, 2.05) is 20.8 Å². The van der Waals surface area contributed by atoms with Gasteiger partial charge < -0.3 is 15.4 Å². The highest BCUT2D eigenvalue weighted by atomic mass is 16.6. The van der Waals surface area contributed by atoms with Crippen molar-refractivity contribution in [2.45, 2.75) is 45.8 Å². The number of amides is 1. The number of hydrogen-bond acceptors (Lipinski definition) is 3. The van der Waals surface area contributed by atoms with Crippen LogP contribution in [-0.2, 0) is 11.3 Å². The highest BCUT2D eigenvalue weighted by Crippen LogP contribution is 2.35. The first-order chi connectivity index (χ1) is 14.4. The van der Waals surface area contributed by atoms with Crippen LogP contribution in [0.4, 0.5) is 4.79 Å². The minimum atomic E-state index is -0.452. The molecule has 1 amide bonds. The Bertz CT molecular complexity index is 1140. The maximum absolute atomic E-state index is 11.7. The summed E-state index contributed by atoms with van der Waals surface area (Å²) in [4.78, 5) is 11.7. The molecule has 4 aromatic rings. The van der Waals surface area contributed by atoms with Crippen molar-refractivity contribution in [3.63, 3.8) is 0 Å². The van der Waals surface area contributed by atoms with Gasteiger partial charge in [0.1, 0.15) is 5.60 Å². The van der Waals surface area contributed by atoms with Crippen molar-refractivity contribution in [1.29, 1.82) is 0 Å². The average molecular weight is 403 g/mol. The number of unbranched alkanes of at least 4 members (excludes halogenated alkanes) is 1. The minimum absolute atomic E-state index is 0.343. The number of rotatable bonds is 7. The summed E-state index contributed by atoms with van der Waals surface area (Å²) in [5.41, 5.74) is 0.874. The lowest BCUT2D eigenvalue weighted by Gasteiger charge is -2.19. The normalized spacial score (nSPS) is 12.1. The maximum Gasteiger partial charge on any atom is 0.407 e. The first-order valence-electron chi connectivity index (χ1n) is 10.8. The number of nitrogens with one attached hydrogen (secondary N) is 2. The van der Waals surface area contributed by atoms with Crippen LogP contribution in [0.3, 0.4) is 0 Å². The zero-order valence-corrected chi connectivity index (χ0v) is 18.0. The zero-order chi connectivity index (χ0) is 21.1. The molecular weight excluding hydrogens is 372 g/mol. The Balaban J connectivity index is 1.33. The van der Waals surface area contributed by atoms with Crippen molar-refractivity contribution in [2.75, 3.05) is 13.1 Å². The van der Waals surface area contributed by atoms with Crippen molar-refractivity contribution in [1.82, 2.24) is 10.6 Å². The van der Waals surface area contributed by atoms with Crippen LogP contribution in [0.5, 0.6) is 0 Å². The molecule has 0 heterocycles. The Kier molecular flexibility index (Phi) is 5.78. The fourth-order valence-electron chi connectivity index (χ4n) is 4.05. The number of ether oxygens (including phenoxy) is 1. The van der Waals surface area contributed by atoms with Gasteiger partial charge in [-0.1, -0.05) is 54.6 Å². The van der Waals surface area contributed by atoms with Gasteiger partial charge in [-0.05, 0) is 78.0 Å². The van der Waals surface area contributed by atoms with E-state index in [0.29, 0.717) is 6.54 Å². The predicted molar refractivity (Wildman–Crippen MR) is 125 cm³/mol. The van der Waals surface area contributed by atoms with E-state index in [9.17, 15) is 4.79 Å². The van der Waals surface area contributed by atoms with Crippen molar-refractivity contribution in [3.05, 3.63) is 60.2 Å². The zero-order valence-electron chi connectivity index (χ0n) is 18.0. The van der Waals surface area contributed by atoms with E-state index in [-0.39, 0.29) is 6.09 Å². The number of carbonyl (C=O) groups excluding carboxylic acids is 1. The third-order valence-corrected chi connectivity index (χ3v) is 5.38. The first-order valence-corrected chi connectivity index (χ1v) is 10.8. The summed E-state index contributed by atoms with van der Waals surface area (Å²) in [6.07, 6.45) is 1.58. The molecule has 0 aliphatic carbocycles. The third kappa shape index (κ3) is 4.49. The Labute approximate surface area is 177 Å². The maximum atomic E-state index is 11.7. The van der Waals surface area contributed by atoms with Gasteiger partial charge in [-0.25, -0.2) is 4.79 Å². The molecule has 0 aromatic heterocycles. The van der Waals surface area contributed by atoms with Crippen LogP contribution >= 0.6 is 0 Å². The molecule has 4 aromatic carbocycles. The minimum Gasteiger partial charge on any atom is -0.444 e. The van der Waals surface area contributed by atoms with Gasteiger partial charge in [-0.2, -0.15) is 0 Å². The standard InChI is InChI=1S/C26H30N2O2/c1-26(2,3)30-25(29)28-16-5-4-15-27-17-21-12-11-20-10-9-18-7-6-8-19-13-14-22(21)24(20)23(18)19/h6-14,27H,4-5,15-17H2,1-3H3,(H,28,29). The fourth-order valence-corrected chi connectivity index (χ4v) is 4.05. The summed E-state index contributed by atoms with van der Waals surface area (Å²) < 4.78 is 5.25. The van der Waals surface area contributed by atoms with Gasteiger partial charge in [0.05, 0.1) is 0 Å². The van der Waals surface area contributed by atoms with Gasteiger partial charge in [0, 0.05) is 13.1 Å². The molecule has 0 saturated heterocycles. The van der Waals surface area contributed by atoms with E-state index in [2.05, 4.69) is 65.2 Å². The van der Waals surface area contributed by atoms with Crippen LogP contribution in [0, 0.1) is 0 Å². The topological polar surface area (TPSA) is 50.4 Å². The molecule has 4 heteroatoms. The lowest BCUT2D eigenvalue weighted by molar-refractivity contribution is 0.0527. The van der Waals surface area contributed by atoms with E-state index >= 15 is 0 Å². The number of hydrogen-bond donors (Lipinski definition) is 2. The molecule has 0 atom stereocenters. The van der Waals surface area contributed by atoms with Crippen molar-refractivity contribution >= 4 is 38.4 Å². The van der Waals surface area contributed by atoms with Crippen molar-refractivity contribution in [3.8, 4) is 0 Å². The smallest absolute Gasteiger partial charge is 0.407 e. The quantitative estimate of drug-likeness (QED) is 0.295. The molecule has 0 spiro atoms. The van der Waals surface area contributed by atoms with Gasteiger partial charge >= 0.3 is 6.09 Å². The summed E-state index contributed by atoms with van der Waals surface area (Å²) in [7, 11) is 0. The van der Waals surface area contributed by atoms with Crippen LogP contribution in [0.1, 0.15) is 39.2 Å². The molecule has 0 aliphatic rings. The second-order valence-electron chi connectivity index (χ2n) is 8.89. The summed E-state index contributed by atoms with van der Waals surface area (Å²) in [5.74, 6) is 0. The fraction of sp³-hybridized carbons (Fsp3) is 0.346. The molecular formula is C26H30N2O2. The SMILES string of the molecule is CC(C)(C)OC(=O)NCCCCNCc1ccc2ccc3cccc4ccc1c2c34. The summed E-state index contributed by atoms with van der Waals surface area (Å²) in [5, 5.41) is 14.3. The number of benzene rings is 4. The van der Waals surface area contributed by atoms with Crippen LogP contribution in [0.2, 0.25) is 0 Å². The van der Waals surface area contributed by atoms with Gasteiger partial charge in [0.15, 0.2) is 0 Å². The van der Waals surface area contributed by atoms with Crippen LogP contribution in [-0.4, -0.2) is 24.8 Å². The van der Waals surface area contributed by atoms with E-state index in [4.69, 9.17) is 4.74 Å². The molecule has 156 valence electrons. The first kappa shape index (κ1) is 20.4. The van der Waals surface area contributed by atoms with E-state index in [1.165, 1.54) is 37.9 Å². The van der Waals surface area contributed by atoms with Crippen LogP contribution in [0.25, 0.3) is 32.3 Å². The lowest BCUT2D eigenvalue weighted by atomic mass is 9.92. The summed E-state index contributed by atoms with van der Waals surface area (Å²) >= 11 is 0. The molecule has 2 N–H and O–H groups in total. The van der Waals surface area contributed by atoms with Gasteiger partial charge in [-0.3, -0.25) is 0 Å². The molecule has 0 saturated carbocycles. The molecule has 4 rings (SSSR count). The molecule has 0 fully saturated rings. The van der Waals surface area contributed by atoms with E-state index in [0.717, 1.165) is 25.9 Å². The highest BCUT2D eigenvalue weighted by Gasteiger charge is 2.15. The third-order valence-electron chi connectivity index (χ3n) is 5.38. The number of carbonyl (C=O) groups is 1. The average Bonchev–Trinajstić information content (AvgIpc) is 2.70. The molecule has 0 aliphatic heterocycles. The van der Waals surface area contributed by atoms with Crippen LogP contribution < -0.4 is 10.6 Å². The van der Waals surface area contributed by atoms with Crippen LogP contribution in [0.15, 0.2) is 54.6 Å². The van der Waals surface area contributed by atoms with Crippen molar-refractivity contribution < 1.29 is 9.53 Å². The highest BCUT2D eigenvalue weighted by molar-refractivity contribution is 6.23. The molecule has 4 nitrogen and oxygen atoms in total. The van der Waals surface area contributed by atoms with Gasteiger partial charge in [0.2, 0.25) is 0 Å². The molecule has 0 unspecified atom stereocenters. The van der Waals surface area contributed by atoms with E-state index < -0.39 is 5.60 Å². The Morgan fingerprint density at radius 1 is 0.833 bits per heavy atom. The van der Waals surface area contributed by atoms with E-state index in [1.54, 1.807) is 0 Å². The Hall–Kier alpha value is -2.85. The Morgan fingerprint density at radius 2 is 1.47 bits per heavy atom. The molecule has 30 heavy (non-hydrogen) atoms. The van der Waals surface area contributed by atoms with Gasteiger partial charge in [0.25, 0.3) is 0 Å². The predicted octanol–water partition coefficient (Wildman–Crippen LogP) is 5.98. The molecule has 0 bridgehead atoms. The lowest BCUT2D eigenvalue weighted by Crippen LogP contribution is -2.33. The molecule has 0 radical (unpaired) electrons. The summed E-state index contributed by atoms with van der Waals surface area (Å²) in [6, 6.07) is 19.9. The Morgan fingerprint density at radius 3 is 2.20 bits per heavy atom. The van der Waals surface area contributed by atoms with Crippen molar-refractivity contribution in [2.24, 2.45) is 0 Å². The second-order valence-corrected chi connectivity index (χ2v) is 8.89. The van der Waals surface area contributed by atoms with Gasteiger partial charge in [-0.15, -0.1) is 0 Å². The second kappa shape index (κ2) is 8.49. The monoisotopic (exact) mass is 402 g/mol. The largest absolute Gasteiger partial charge is 0.444 e. The number of alkyl carbamates (subject to hydrolysis) is 1. The summed E-state index contributed by atoms with van der Waals surface area (Å²) in [6.45, 7) is 8.00.